The lowest BCUT2D eigenvalue weighted by molar-refractivity contribution is -0.155. The van der Waals surface area contributed by atoms with Gasteiger partial charge in [-0.25, -0.2) is 0 Å². The van der Waals surface area contributed by atoms with Crippen LogP contribution >= 0.6 is 0 Å². The standard InChI is InChI=1S/C14H29N3O2/c1-5-14(3,19-4)13(18)17-8-6-16(7-9-17)11-12(2)10-15/h12H,5-11,15H2,1-4H3. The number of nitrogens with zero attached hydrogens (tertiary/aromatic N) is 2. The van der Waals surface area contributed by atoms with E-state index in [1.165, 1.54) is 0 Å². The van der Waals surface area contributed by atoms with Gasteiger partial charge >= 0.3 is 0 Å². The maximum Gasteiger partial charge on any atom is 0.254 e. The van der Waals surface area contributed by atoms with Crippen molar-refractivity contribution in [3.05, 3.63) is 0 Å². The van der Waals surface area contributed by atoms with Gasteiger partial charge in [-0.1, -0.05) is 13.8 Å². The summed E-state index contributed by atoms with van der Waals surface area (Å²) in [5, 5.41) is 0. The lowest BCUT2D eigenvalue weighted by atomic mass is 10.0. The van der Waals surface area contributed by atoms with Crippen molar-refractivity contribution in [1.82, 2.24) is 9.80 Å². The summed E-state index contributed by atoms with van der Waals surface area (Å²) in [6.45, 7) is 11.2. The molecule has 5 nitrogen and oxygen atoms in total. The summed E-state index contributed by atoms with van der Waals surface area (Å²) in [7, 11) is 1.61. The fourth-order valence-corrected chi connectivity index (χ4v) is 2.37. The second-order valence-electron chi connectivity index (χ2n) is 5.72. The highest BCUT2D eigenvalue weighted by Gasteiger charge is 2.36. The summed E-state index contributed by atoms with van der Waals surface area (Å²) in [6.07, 6.45) is 0.701. The Kier molecular flexibility index (Phi) is 6.23. The molecule has 1 fully saturated rings. The van der Waals surface area contributed by atoms with Crippen molar-refractivity contribution in [3.8, 4) is 0 Å². The average molecular weight is 271 g/mol. The van der Waals surface area contributed by atoms with E-state index in [0.717, 1.165) is 39.3 Å². The molecule has 0 aromatic heterocycles. The third-order valence-corrected chi connectivity index (χ3v) is 4.21. The van der Waals surface area contributed by atoms with Gasteiger partial charge < -0.3 is 15.4 Å². The van der Waals surface area contributed by atoms with Gasteiger partial charge in [-0.2, -0.15) is 0 Å². The molecule has 1 aliphatic rings. The molecule has 1 rings (SSSR count). The van der Waals surface area contributed by atoms with Crippen LogP contribution in [0.25, 0.3) is 0 Å². The lowest BCUT2D eigenvalue weighted by Gasteiger charge is -2.39. The van der Waals surface area contributed by atoms with Gasteiger partial charge in [-0.3, -0.25) is 9.69 Å². The molecule has 0 bridgehead atoms. The van der Waals surface area contributed by atoms with E-state index in [4.69, 9.17) is 10.5 Å². The Morgan fingerprint density at radius 3 is 2.37 bits per heavy atom. The number of methoxy groups -OCH3 is 1. The largest absolute Gasteiger partial charge is 0.369 e. The van der Waals surface area contributed by atoms with Crippen LogP contribution in [0.15, 0.2) is 0 Å². The van der Waals surface area contributed by atoms with Gasteiger partial charge in [-0.05, 0) is 25.8 Å². The highest BCUT2D eigenvalue weighted by Crippen LogP contribution is 2.19. The van der Waals surface area contributed by atoms with Crippen molar-refractivity contribution in [3.63, 3.8) is 0 Å². The van der Waals surface area contributed by atoms with Gasteiger partial charge in [0.2, 0.25) is 0 Å². The van der Waals surface area contributed by atoms with Crippen LogP contribution in [0.2, 0.25) is 0 Å². The zero-order valence-electron chi connectivity index (χ0n) is 12.8. The highest BCUT2D eigenvalue weighted by atomic mass is 16.5. The minimum absolute atomic E-state index is 0.115. The number of hydrogen-bond acceptors (Lipinski definition) is 4. The summed E-state index contributed by atoms with van der Waals surface area (Å²) in [5.41, 5.74) is 4.98. The Balaban J connectivity index is 2.47. The number of hydrogen-bond donors (Lipinski definition) is 1. The Labute approximate surface area is 117 Å². The summed E-state index contributed by atoms with van der Waals surface area (Å²) in [5.74, 6) is 0.631. The third-order valence-electron chi connectivity index (χ3n) is 4.21. The molecule has 0 spiro atoms. The molecule has 1 amide bonds. The maximum atomic E-state index is 12.4. The molecule has 1 aliphatic heterocycles. The molecule has 2 N–H and O–H groups in total. The van der Waals surface area contributed by atoms with Gasteiger partial charge in [0.1, 0.15) is 5.60 Å². The van der Waals surface area contributed by atoms with E-state index < -0.39 is 5.60 Å². The van der Waals surface area contributed by atoms with Gasteiger partial charge in [0, 0.05) is 39.8 Å². The van der Waals surface area contributed by atoms with Crippen LogP contribution in [-0.4, -0.2) is 67.7 Å². The zero-order valence-corrected chi connectivity index (χ0v) is 12.8. The van der Waals surface area contributed by atoms with Crippen LogP contribution < -0.4 is 5.73 Å². The summed E-state index contributed by atoms with van der Waals surface area (Å²) >= 11 is 0. The molecule has 0 radical (unpaired) electrons. The Bertz CT molecular complexity index is 284. The first kappa shape index (κ1) is 16.4. The number of ether oxygens (including phenoxy) is 1. The number of amides is 1. The molecule has 0 saturated carbocycles. The van der Waals surface area contributed by atoms with Crippen molar-refractivity contribution >= 4 is 5.91 Å². The number of carbonyl (C=O) groups excluding carboxylic acids is 1. The molecule has 2 unspecified atom stereocenters. The fraction of sp³-hybridized carbons (Fsp3) is 0.929. The van der Waals surface area contributed by atoms with E-state index in [2.05, 4.69) is 11.8 Å². The topological polar surface area (TPSA) is 58.8 Å². The lowest BCUT2D eigenvalue weighted by Crippen LogP contribution is -2.55. The number of carbonyl (C=O) groups is 1. The Hall–Kier alpha value is -0.650. The highest BCUT2D eigenvalue weighted by molar-refractivity contribution is 5.84. The first-order chi connectivity index (χ1) is 8.96. The van der Waals surface area contributed by atoms with Crippen LogP contribution in [0.4, 0.5) is 0 Å². The number of piperazine rings is 1. The van der Waals surface area contributed by atoms with Crippen molar-refractivity contribution in [2.75, 3.05) is 46.4 Å². The van der Waals surface area contributed by atoms with E-state index in [1.54, 1.807) is 7.11 Å². The molecule has 5 heteroatoms. The van der Waals surface area contributed by atoms with E-state index in [9.17, 15) is 4.79 Å². The first-order valence-corrected chi connectivity index (χ1v) is 7.23. The number of nitrogens with two attached hydrogens (primary N) is 1. The van der Waals surface area contributed by atoms with E-state index in [1.807, 2.05) is 18.7 Å². The predicted molar refractivity (Wildman–Crippen MR) is 76.9 cm³/mol. The molecular formula is C14H29N3O2. The zero-order chi connectivity index (χ0) is 14.5. The molecule has 19 heavy (non-hydrogen) atoms. The molecule has 0 aliphatic carbocycles. The summed E-state index contributed by atoms with van der Waals surface area (Å²) in [6, 6.07) is 0. The van der Waals surface area contributed by atoms with Crippen LogP contribution in [0.1, 0.15) is 27.2 Å². The fourth-order valence-electron chi connectivity index (χ4n) is 2.37. The van der Waals surface area contributed by atoms with Crippen LogP contribution in [0, 0.1) is 5.92 Å². The Morgan fingerprint density at radius 2 is 1.95 bits per heavy atom. The minimum Gasteiger partial charge on any atom is -0.369 e. The monoisotopic (exact) mass is 271 g/mol. The third kappa shape index (κ3) is 4.16. The molecular weight excluding hydrogens is 242 g/mol. The van der Waals surface area contributed by atoms with E-state index >= 15 is 0 Å². The molecule has 0 aromatic rings. The first-order valence-electron chi connectivity index (χ1n) is 7.23. The van der Waals surface area contributed by atoms with Crippen molar-refractivity contribution < 1.29 is 9.53 Å². The van der Waals surface area contributed by atoms with Crippen molar-refractivity contribution in [2.45, 2.75) is 32.8 Å². The van der Waals surface area contributed by atoms with E-state index in [0.29, 0.717) is 12.3 Å². The van der Waals surface area contributed by atoms with Gasteiger partial charge in [0.25, 0.3) is 5.91 Å². The minimum atomic E-state index is -0.674. The van der Waals surface area contributed by atoms with Crippen LogP contribution in [0.3, 0.4) is 0 Å². The van der Waals surface area contributed by atoms with Gasteiger partial charge in [-0.15, -0.1) is 0 Å². The van der Waals surface area contributed by atoms with Crippen LogP contribution in [-0.2, 0) is 9.53 Å². The predicted octanol–water partition coefficient (Wildman–Crippen LogP) is 0.541. The average Bonchev–Trinajstić information content (AvgIpc) is 2.46. The smallest absolute Gasteiger partial charge is 0.254 e. The quantitative estimate of drug-likeness (QED) is 0.766. The molecule has 2 atom stereocenters. The van der Waals surface area contributed by atoms with E-state index in [-0.39, 0.29) is 5.91 Å². The van der Waals surface area contributed by atoms with Crippen LogP contribution in [0.5, 0.6) is 0 Å². The Morgan fingerprint density at radius 1 is 1.37 bits per heavy atom. The molecule has 1 saturated heterocycles. The van der Waals surface area contributed by atoms with Crippen molar-refractivity contribution in [1.29, 1.82) is 0 Å². The summed E-state index contributed by atoms with van der Waals surface area (Å²) < 4.78 is 5.39. The normalized spacial score (nSPS) is 22.1. The van der Waals surface area contributed by atoms with Gasteiger partial charge in [0.05, 0.1) is 0 Å². The molecule has 0 aromatic carbocycles. The van der Waals surface area contributed by atoms with Gasteiger partial charge in [0.15, 0.2) is 0 Å². The SMILES string of the molecule is CCC(C)(OC)C(=O)N1CCN(CC(C)CN)CC1. The summed E-state index contributed by atoms with van der Waals surface area (Å²) in [4.78, 5) is 16.7. The number of rotatable bonds is 6. The second-order valence-corrected chi connectivity index (χ2v) is 5.72. The maximum absolute atomic E-state index is 12.4. The molecule has 1 heterocycles. The van der Waals surface area contributed by atoms with Crippen molar-refractivity contribution in [2.24, 2.45) is 11.7 Å². The molecule has 112 valence electrons. The second kappa shape index (κ2) is 7.22.